The molecule has 146 valence electrons. The molecule has 1 saturated carbocycles. The van der Waals surface area contributed by atoms with Gasteiger partial charge < -0.3 is 19.9 Å². The predicted molar refractivity (Wildman–Crippen MR) is 91.5 cm³/mol. The quantitative estimate of drug-likeness (QED) is 0.560. The number of urea groups is 1. The van der Waals surface area contributed by atoms with Crippen molar-refractivity contribution in [1.82, 2.24) is 15.4 Å². The van der Waals surface area contributed by atoms with Crippen LogP contribution in [0.25, 0.3) is 0 Å². The van der Waals surface area contributed by atoms with Crippen LogP contribution in [-0.2, 0) is 19.1 Å². The van der Waals surface area contributed by atoms with E-state index in [1.807, 2.05) is 0 Å². The van der Waals surface area contributed by atoms with Crippen LogP contribution in [0.4, 0.5) is 10.6 Å². The van der Waals surface area contributed by atoms with Crippen LogP contribution in [0.15, 0.2) is 10.6 Å². The number of aromatic nitrogens is 1. The number of imide groups is 1. The number of aryl methyl sites for hydroxylation is 1. The number of esters is 1. The Morgan fingerprint density at radius 3 is 2.74 bits per heavy atom. The molecule has 0 radical (unpaired) electrons. The Bertz CT molecular complexity index is 767. The summed E-state index contributed by atoms with van der Waals surface area (Å²) >= 11 is 0. The zero-order valence-corrected chi connectivity index (χ0v) is 15.2. The predicted octanol–water partition coefficient (Wildman–Crippen LogP) is 1.11. The summed E-state index contributed by atoms with van der Waals surface area (Å²) in [6, 6.07) is 1.05. The minimum Gasteiger partial charge on any atom is -0.452 e. The third-order valence-corrected chi connectivity index (χ3v) is 4.80. The van der Waals surface area contributed by atoms with Gasteiger partial charge in [0.2, 0.25) is 0 Å². The number of rotatable bonds is 6. The molecule has 10 nitrogen and oxygen atoms in total. The van der Waals surface area contributed by atoms with Crippen molar-refractivity contribution < 1.29 is 28.4 Å². The van der Waals surface area contributed by atoms with Crippen LogP contribution in [-0.4, -0.2) is 52.1 Å². The Hall–Kier alpha value is -2.91. The van der Waals surface area contributed by atoms with Gasteiger partial charge in [0.05, 0.1) is 6.42 Å². The van der Waals surface area contributed by atoms with Crippen molar-refractivity contribution in [2.24, 2.45) is 0 Å². The molecule has 1 spiro atoms. The molecule has 10 heteroatoms. The molecule has 0 aromatic carbocycles. The largest absolute Gasteiger partial charge is 0.452 e. The second kappa shape index (κ2) is 7.37. The summed E-state index contributed by atoms with van der Waals surface area (Å²) in [6.45, 7) is 3.01. The summed E-state index contributed by atoms with van der Waals surface area (Å²) in [5.74, 6) is -0.770. The monoisotopic (exact) mass is 378 g/mol. The van der Waals surface area contributed by atoms with Gasteiger partial charge in [-0.15, -0.1) is 0 Å². The van der Waals surface area contributed by atoms with E-state index in [0.717, 1.165) is 17.7 Å². The molecule has 3 rings (SSSR count). The van der Waals surface area contributed by atoms with E-state index in [1.165, 1.54) is 13.0 Å². The van der Waals surface area contributed by atoms with Crippen molar-refractivity contribution in [3.63, 3.8) is 0 Å². The van der Waals surface area contributed by atoms with Crippen molar-refractivity contribution in [2.45, 2.75) is 57.6 Å². The first kappa shape index (κ1) is 18.9. The molecule has 1 aromatic heterocycles. The van der Waals surface area contributed by atoms with Crippen molar-refractivity contribution in [3.05, 3.63) is 11.8 Å². The smallest absolute Gasteiger partial charge is 0.325 e. The van der Waals surface area contributed by atoms with Crippen molar-refractivity contribution in [3.8, 4) is 0 Å². The topological polar surface area (TPSA) is 131 Å². The van der Waals surface area contributed by atoms with Gasteiger partial charge in [-0.2, -0.15) is 0 Å². The first-order chi connectivity index (χ1) is 12.8. The fraction of sp³-hybridized carbons (Fsp3) is 0.588. The molecule has 1 saturated heterocycles. The molecule has 1 aromatic rings. The third-order valence-electron chi connectivity index (χ3n) is 4.80. The maximum absolute atomic E-state index is 12.5. The third kappa shape index (κ3) is 3.93. The minimum atomic E-state index is -1.06. The van der Waals surface area contributed by atoms with E-state index in [-0.39, 0.29) is 24.7 Å². The van der Waals surface area contributed by atoms with Crippen molar-refractivity contribution in [1.29, 1.82) is 0 Å². The molecule has 1 aliphatic heterocycles. The number of carbonyl (C=O) groups excluding carboxylic acids is 4. The van der Waals surface area contributed by atoms with Gasteiger partial charge in [0.25, 0.3) is 11.8 Å². The van der Waals surface area contributed by atoms with Gasteiger partial charge >= 0.3 is 12.0 Å². The summed E-state index contributed by atoms with van der Waals surface area (Å²) in [5.41, 5.74) is -0.802. The lowest BCUT2D eigenvalue weighted by Crippen LogP contribution is -2.44. The fourth-order valence-electron chi connectivity index (χ4n) is 3.36. The molecule has 2 aliphatic rings. The highest BCUT2D eigenvalue weighted by atomic mass is 16.5. The SMILES string of the molecule is Cc1cc(NC(=O)[C@@H](C)OC(=O)CCN2C(=O)NC3(CCCC3)C2=O)no1. The number of ether oxygens (including phenoxy) is 1. The van der Waals surface area contributed by atoms with Crippen LogP contribution in [0, 0.1) is 6.92 Å². The molecule has 0 bridgehead atoms. The second-order valence-corrected chi connectivity index (χ2v) is 6.87. The van der Waals surface area contributed by atoms with Gasteiger partial charge in [0.1, 0.15) is 11.3 Å². The lowest BCUT2D eigenvalue weighted by Gasteiger charge is -2.20. The minimum absolute atomic E-state index is 0.0813. The van der Waals surface area contributed by atoms with Crippen molar-refractivity contribution >= 4 is 29.6 Å². The zero-order valence-electron chi connectivity index (χ0n) is 15.2. The van der Waals surface area contributed by atoms with Gasteiger partial charge in [-0.05, 0) is 26.7 Å². The maximum Gasteiger partial charge on any atom is 0.325 e. The van der Waals surface area contributed by atoms with Gasteiger partial charge in [0, 0.05) is 12.6 Å². The van der Waals surface area contributed by atoms with E-state index in [2.05, 4.69) is 15.8 Å². The zero-order chi connectivity index (χ0) is 19.6. The first-order valence-corrected chi connectivity index (χ1v) is 8.88. The molecule has 27 heavy (non-hydrogen) atoms. The number of anilines is 1. The molecule has 1 atom stereocenters. The second-order valence-electron chi connectivity index (χ2n) is 6.87. The summed E-state index contributed by atoms with van der Waals surface area (Å²) in [6.07, 6.45) is 1.78. The maximum atomic E-state index is 12.5. The summed E-state index contributed by atoms with van der Waals surface area (Å²) in [4.78, 5) is 49.6. The average molecular weight is 378 g/mol. The van der Waals surface area contributed by atoms with Crippen LogP contribution in [0.3, 0.4) is 0 Å². The highest BCUT2D eigenvalue weighted by Gasteiger charge is 2.52. The van der Waals surface area contributed by atoms with E-state index in [9.17, 15) is 19.2 Å². The fourth-order valence-corrected chi connectivity index (χ4v) is 3.36. The first-order valence-electron chi connectivity index (χ1n) is 8.88. The van der Waals surface area contributed by atoms with Gasteiger partial charge in [-0.1, -0.05) is 18.0 Å². The molecule has 2 N–H and O–H groups in total. The van der Waals surface area contributed by atoms with Gasteiger partial charge in [-0.3, -0.25) is 19.3 Å². The Morgan fingerprint density at radius 2 is 2.11 bits per heavy atom. The van der Waals surface area contributed by atoms with Crippen LogP contribution in [0.5, 0.6) is 0 Å². The van der Waals surface area contributed by atoms with Crippen LogP contribution in [0.1, 0.15) is 44.8 Å². The van der Waals surface area contributed by atoms with Crippen LogP contribution < -0.4 is 10.6 Å². The van der Waals surface area contributed by atoms with Gasteiger partial charge in [-0.25, -0.2) is 4.79 Å². The molecule has 2 fully saturated rings. The lowest BCUT2D eigenvalue weighted by atomic mass is 9.98. The average Bonchev–Trinajstić information content (AvgIpc) is 3.29. The standard InChI is InChI=1S/C17H22N4O6/c1-10-9-12(20-27-10)18-14(23)11(2)26-13(22)5-8-21-15(24)17(19-16(21)25)6-3-4-7-17/h9,11H,3-8H2,1-2H3,(H,19,25)(H,18,20,23)/t11-/m1/s1. The van der Waals surface area contributed by atoms with E-state index in [4.69, 9.17) is 9.26 Å². The number of amides is 4. The van der Waals surface area contributed by atoms with Crippen molar-refractivity contribution in [2.75, 3.05) is 11.9 Å². The Kier molecular flexibility index (Phi) is 5.15. The highest BCUT2D eigenvalue weighted by Crippen LogP contribution is 2.35. The summed E-state index contributed by atoms with van der Waals surface area (Å²) in [5, 5.41) is 8.83. The highest BCUT2D eigenvalue weighted by molar-refractivity contribution is 6.07. The Labute approximate surface area is 155 Å². The van der Waals surface area contributed by atoms with E-state index >= 15 is 0 Å². The number of nitrogens with one attached hydrogen (secondary N) is 2. The van der Waals surface area contributed by atoms with E-state index < -0.39 is 29.6 Å². The molecule has 0 unspecified atom stereocenters. The lowest BCUT2D eigenvalue weighted by molar-refractivity contribution is -0.153. The molecule has 4 amide bonds. The summed E-state index contributed by atoms with van der Waals surface area (Å²) < 4.78 is 9.89. The molecule has 1 aliphatic carbocycles. The van der Waals surface area contributed by atoms with Gasteiger partial charge in [0.15, 0.2) is 11.9 Å². The van der Waals surface area contributed by atoms with E-state index in [0.29, 0.717) is 18.6 Å². The van der Waals surface area contributed by atoms with Crippen LogP contribution in [0.2, 0.25) is 0 Å². The van der Waals surface area contributed by atoms with E-state index in [1.54, 1.807) is 6.92 Å². The Balaban J connectivity index is 1.47. The summed E-state index contributed by atoms with van der Waals surface area (Å²) in [7, 11) is 0. The molecule has 2 heterocycles. The Morgan fingerprint density at radius 1 is 1.41 bits per heavy atom. The normalized spacial score (nSPS) is 19.3. The van der Waals surface area contributed by atoms with Crippen LogP contribution >= 0.6 is 0 Å². The molecular formula is C17H22N4O6. The number of nitrogens with zero attached hydrogens (tertiary/aromatic N) is 2. The molecular weight excluding hydrogens is 356 g/mol. The number of hydrogen-bond acceptors (Lipinski definition) is 7. The number of hydrogen-bond donors (Lipinski definition) is 2. The number of carbonyl (C=O) groups is 4.